The Kier molecular flexibility index (Phi) is 5.80. The van der Waals surface area contributed by atoms with Crippen LogP contribution in [0.3, 0.4) is 0 Å². The molecule has 0 bridgehead atoms. The lowest BCUT2D eigenvalue weighted by molar-refractivity contribution is -0.136. The molecule has 1 aliphatic rings. The Balaban J connectivity index is 1.65. The van der Waals surface area contributed by atoms with E-state index in [-0.39, 0.29) is 6.54 Å². The molecule has 0 spiro atoms. The smallest absolute Gasteiger partial charge is 0.340 e. The maximum Gasteiger partial charge on any atom is 0.340 e. The van der Waals surface area contributed by atoms with Gasteiger partial charge in [0.1, 0.15) is 5.76 Å². The first kappa shape index (κ1) is 19.0. The van der Waals surface area contributed by atoms with Crippen LogP contribution in [0.5, 0.6) is 0 Å². The predicted molar refractivity (Wildman–Crippen MR) is 97.2 cm³/mol. The van der Waals surface area contributed by atoms with Gasteiger partial charge in [-0.1, -0.05) is 17.3 Å². The summed E-state index contributed by atoms with van der Waals surface area (Å²) in [4.78, 5) is 38.2. The fourth-order valence-corrected chi connectivity index (χ4v) is 3.50. The van der Waals surface area contributed by atoms with Crippen molar-refractivity contribution in [1.29, 1.82) is 0 Å². The van der Waals surface area contributed by atoms with Crippen molar-refractivity contribution < 1.29 is 23.6 Å². The Bertz CT molecular complexity index is 866. The molecule has 142 valence electrons. The van der Waals surface area contributed by atoms with E-state index < -0.39 is 24.0 Å². The van der Waals surface area contributed by atoms with Crippen LogP contribution in [-0.4, -0.2) is 47.2 Å². The number of carbonyl (C=O) groups excluding carboxylic acids is 3. The van der Waals surface area contributed by atoms with Gasteiger partial charge in [0.25, 0.3) is 5.91 Å². The SMILES string of the molecule is Cc1cc(CSc2ccccc2C(=O)O[C@H](C)C(=O)N2CCNC2=O)no1. The normalized spacial score (nSPS) is 14.7. The summed E-state index contributed by atoms with van der Waals surface area (Å²) in [5, 5.41) is 6.47. The number of hydrogen-bond donors (Lipinski definition) is 1. The second kappa shape index (κ2) is 8.26. The molecule has 1 aromatic carbocycles. The number of aryl methyl sites for hydroxylation is 1. The van der Waals surface area contributed by atoms with Crippen molar-refractivity contribution in [2.45, 2.75) is 30.6 Å². The number of amides is 3. The van der Waals surface area contributed by atoms with Gasteiger partial charge >= 0.3 is 12.0 Å². The number of rotatable bonds is 6. The summed E-state index contributed by atoms with van der Waals surface area (Å²) in [6.45, 7) is 3.93. The Labute approximate surface area is 160 Å². The first-order valence-corrected chi connectivity index (χ1v) is 9.38. The molecule has 9 heteroatoms. The zero-order valence-electron chi connectivity index (χ0n) is 14.9. The van der Waals surface area contributed by atoms with Gasteiger partial charge < -0.3 is 14.6 Å². The molecule has 27 heavy (non-hydrogen) atoms. The molecule has 1 saturated heterocycles. The van der Waals surface area contributed by atoms with Crippen LogP contribution in [0, 0.1) is 6.92 Å². The van der Waals surface area contributed by atoms with Crippen molar-refractivity contribution in [3.8, 4) is 0 Å². The van der Waals surface area contributed by atoms with Crippen LogP contribution < -0.4 is 5.32 Å². The molecular formula is C18H19N3O5S. The molecule has 0 aliphatic carbocycles. The Morgan fingerprint density at radius 1 is 1.41 bits per heavy atom. The molecule has 2 heterocycles. The predicted octanol–water partition coefficient (Wildman–Crippen LogP) is 2.37. The zero-order valence-corrected chi connectivity index (χ0v) is 15.7. The van der Waals surface area contributed by atoms with Gasteiger partial charge in [-0.05, 0) is 26.0 Å². The van der Waals surface area contributed by atoms with E-state index in [9.17, 15) is 14.4 Å². The second-order valence-corrected chi connectivity index (χ2v) is 7.00. The fraction of sp³-hybridized carbons (Fsp3) is 0.333. The molecule has 1 fully saturated rings. The van der Waals surface area contributed by atoms with Gasteiger partial charge in [-0.3, -0.25) is 9.69 Å². The Hall–Kier alpha value is -2.81. The van der Waals surface area contributed by atoms with E-state index in [1.54, 1.807) is 18.2 Å². The van der Waals surface area contributed by atoms with Gasteiger partial charge in [-0.2, -0.15) is 0 Å². The van der Waals surface area contributed by atoms with Gasteiger partial charge in [-0.25, -0.2) is 9.59 Å². The van der Waals surface area contributed by atoms with Gasteiger partial charge in [-0.15, -0.1) is 11.8 Å². The summed E-state index contributed by atoms with van der Waals surface area (Å²) < 4.78 is 10.3. The molecule has 1 N–H and O–H groups in total. The standard InChI is InChI=1S/C18H19N3O5S/c1-11-9-13(20-26-11)10-27-15-6-4-3-5-14(15)17(23)25-12(2)16(22)21-8-7-19-18(21)24/h3-6,9,12H,7-8,10H2,1-2H3,(H,19,24)/t12-/m1/s1. The van der Waals surface area contributed by atoms with E-state index in [2.05, 4.69) is 10.5 Å². The van der Waals surface area contributed by atoms with Gasteiger partial charge in [0.15, 0.2) is 6.10 Å². The second-order valence-electron chi connectivity index (χ2n) is 5.98. The number of carbonyl (C=O) groups is 3. The molecule has 1 aromatic heterocycles. The molecule has 0 saturated carbocycles. The average Bonchev–Trinajstić information content (AvgIpc) is 3.27. The number of urea groups is 1. The molecule has 1 aliphatic heterocycles. The number of imide groups is 1. The summed E-state index contributed by atoms with van der Waals surface area (Å²) in [5.41, 5.74) is 1.12. The van der Waals surface area contributed by atoms with Crippen molar-refractivity contribution in [3.63, 3.8) is 0 Å². The van der Waals surface area contributed by atoms with E-state index >= 15 is 0 Å². The van der Waals surface area contributed by atoms with Crippen LogP contribution in [0.25, 0.3) is 0 Å². The van der Waals surface area contributed by atoms with E-state index in [1.165, 1.54) is 18.7 Å². The highest BCUT2D eigenvalue weighted by Gasteiger charge is 2.32. The first-order chi connectivity index (χ1) is 13.0. The summed E-state index contributed by atoms with van der Waals surface area (Å²) in [6.07, 6.45) is -1.06. The monoisotopic (exact) mass is 389 g/mol. The fourth-order valence-electron chi connectivity index (χ4n) is 2.57. The quantitative estimate of drug-likeness (QED) is 0.598. The largest absolute Gasteiger partial charge is 0.449 e. The average molecular weight is 389 g/mol. The lowest BCUT2D eigenvalue weighted by Gasteiger charge is -2.18. The van der Waals surface area contributed by atoms with Gasteiger partial charge in [0.2, 0.25) is 0 Å². The summed E-state index contributed by atoms with van der Waals surface area (Å²) in [6, 6.07) is 8.34. The minimum atomic E-state index is -1.06. The molecule has 1 atom stereocenters. The Morgan fingerprint density at radius 2 is 2.19 bits per heavy atom. The van der Waals surface area contributed by atoms with Crippen LogP contribution in [0.4, 0.5) is 4.79 Å². The van der Waals surface area contributed by atoms with Gasteiger partial charge in [0.05, 0.1) is 11.3 Å². The van der Waals surface area contributed by atoms with E-state index in [4.69, 9.17) is 9.26 Å². The third-order valence-electron chi connectivity index (χ3n) is 3.91. The molecule has 0 radical (unpaired) electrons. The molecular weight excluding hydrogens is 370 g/mol. The molecule has 2 aromatic rings. The van der Waals surface area contributed by atoms with Crippen molar-refractivity contribution >= 4 is 29.7 Å². The lowest BCUT2D eigenvalue weighted by atomic mass is 10.2. The molecule has 3 rings (SSSR count). The number of aromatic nitrogens is 1. The number of hydrogen-bond acceptors (Lipinski definition) is 7. The lowest BCUT2D eigenvalue weighted by Crippen LogP contribution is -2.41. The van der Waals surface area contributed by atoms with Crippen LogP contribution in [-0.2, 0) is 15.3 Å². The number of benzene rings is 1. The van der Waals surface area contributed by atoms with Crippen molar-refractivity contribution in [3.05, 3.63) is 47.3 Å². The number of ether oxygens (including phenoxy) is 1. The third-order valence-corrected chi connectivity index (χ3v) is 5.02. The van der Waals surface area contributed by atoms with Crippen molar-refractivity contribution in [1.82, 2.24) is 15.4 Å². The summed E-state index contributed by atoms with van der Waals surface area (Å²) in [5.74, 6) is 0.0948. The number of nitrogens with one attached hydrogen (secondary N) is 1. The highest BCUT2D eigenvalue weighted by atomic mass is 32.2. The minimum Gasteiger partial charge on any atom is -0.449 e. The zero-order chi connectivity index (χ0) is 19.4. The number of esters is 1. The highest BCUT2D eigenvalue weighted by molar-refractivity contribution is 7.98. The molecule has 3 amide bonds. The maximum absolute atomic E-state index is 12.6. The van der Waals surface area contributed by atoms with E-state index in [1.807, 2.05) is 19.1 Å². The first-order valence-electron chi connectivity index (χ1n) is 8.40. The maximum atomic E-state index is 12.6. The highest BCUT2D eigenvalue weighted by Crippen LogP contribution is 2.27. The van der Waals surface area contributed by atoms with Crippen LogP contribution >= 0.6 is 11.8 Å². The van der Waals surface area contributed by atoms with Crippen LogP contribution in [0.2, 0.25) is 0 Å². The van der Waals surface area contributed by atoms with Crippen LogP contribution in [0.1, 0.15) is 28.7 Å². The van der Waals surface area contributed by atoms with E-state index in [0.717, 1.165) is 16.4 Å². The Morgan fingerprint density at radius 3 is 2.85 bits per heavy atom. The summed E-state index contributed by atoms with van der Waals surface area (Å²) >= 11 is 1.42. The molecule has 8 nitrogen and oxygen atoms in total. The number of nitrogens with zero attached hydrogens (tertiary/aromatic N) is 2. The van der Waals surface area contributed by atoms with E-state index in [0.29, 0.717) is 22.8 Å². The summed E-state index contributed by atoms with van der Waals surface area (Å²) in [7, 11) is 0. The third kappa shape index (κ3) is 4.48. The molecule has 0 unspecified atom stereocenters. The van der Waals surface area contributed by atoms with Gasteiger partial charge in [0, 0.05) is 29.8 Å². The minimum absolute atomic E-state index is 0.267. The topological polar surface area (TPSA) is 102 Å². The van der Waals surface area contributed by atoms with Crippen LogP contribution in [0.15, 0.2) is 39.8 Å². The van der Waals surface area contributed by atoms with Crippen molar-refractivity contribution in [2.75, 3.05) is 13.1 Å². The number of thioether (sulfide) groups is 1. The van der Waals surface area contributed by atoms with Crippen molar-refractivity contribution in [2.24, 2.45) is 0 Å².